The summed E-state index contributed by atoms with van der Waals surface area (Å²) in [6, 6.07) is 13.8. The van der Waals surface area contributed by atoms with Gasteiger partial charge >= 0.3 is 0 Å². The zero-order chi connectivity index (χ0) is 21.8. The lowest BCUT2D eigenvalue weighted by molar-refractivity contribution is 0.0953. The third-order valence-electron chi connectivity index (χ3n) is 5.44. The maximum absolute atomic E-state index is 13.3. The van der Waals surface area contributed by atoms with Crippen molar-refractivity contribution in [1.29, 1.82) is 0 Å². The van der Waals surface area contributed by atoms with Crippen LogP contribution in [0.15, 0.2) is 65.8 Å². The first-order valence-corrected chi connectivity index (χ1v) is 11.9. The van der Waals surface area contributed by atoms with E-state index < -0.39 is 10.0 Å². The van der Waals surface area contributed by atoms with Crippen molar-refractivity contribution >= 4 is 21.6 Å². The van der Waals surface area contributed by atoms with E-state index in [2.05, 4.69) is 10.4 Å². The highest BCUT2D eigenvalue weighted by atomic mass is 32.2. The second-order valence-electron chi connectivity index (χ2n) is 7.72. The average Bonchev–Trinajstić information content (AvgIpc) is 3.21. The normalized spacial score (nSPS) is 13.6. The minimum absolute atomic E-state index is 0.132. The van der Waals surface area contributed by atoms with E-state index in [0.29, 0.717) is 18.7 Å². The number of anilines is 1. The van der Waals surface area contributed by atoms with E-state index in [-0.39, 0.29) is 10.8 Å². The molecule has 0 saturated carbocycles. The molecule has 2 heterocycles. The number of aromatic nitrogens is 2. The number of aryl methyl sites for hydroxylation is 3. The Balaban J connectivity index is 1.44. The molecule has 1 N–H and O–H groups in total. The Morgan fingerprint density at radius 3 is 2.81 bits per heavy atom. The van der Waals surface area contributed by atoms with Crippen molar-refractivity contribution in [3.8, 4) is 0 Å². The third-order valence-corrected chi connectivity index (χ3v) is 7.25. The summed E-state index contributed by atoms with van der Waals surface area (Å²) in [5.41, 5.74) is 3.21. The summed E-state index contributed by atoms with van der Waals surface area (Å²) in [6.07, 6.45) is 7.00. The highest BCUT2D eigenvalue weighted by molar-refractivity contribution is 7.92. The van der Waals surface area contributed by atoms with Crippen LogP contribution >= 0.6 is 0 Å². The average molecular weight is 439 g/mol. The standard InChI is InChI=1S/C23H26N4O3S/c1-26-17-18(16-25-26)7-5-13-24-23(28)20-9-4-11-21(15-20)31(29,30)27-14-6-10-19-8-2-3-12-22(19)27/h2-4,8-9,11-12,15-17H,5-7,10,13-14H2,1H3,(H,24,28). The van der Waals surface area contributed by atoms with Gasteiger partial charge in [0.1, 0.15) is 0 Å². The first-order valence-electron chi connectivity index (χ1n) is 10.4. The molecule has 4 rings (SSSR count). The molecule has 0 spiro atoms. The largest absolute Gasteiger partial charge is 0.352 e. The number of benzene rings is 2. The van der Waals surface area contributed by atoms with Crippen LogP contribution in [-0.2, 0) is 29.9 Å². The highest BCUT2D eigenvalue weighted by Crippen LogP contribution is 2.31. The van der Waals surface area contributed by atoms with Crippen LogP contribution < -0.4 is 9.62 Å². The fourth-order valence-corrected chi connectivity index (χ4v) is 5.46. The van der Waals surface area contributed by atoms with Crippen molar-refractivity contribution in [2.45, 2.75) is 30.6 Å². The van der Waals surface area contributed by atoms with Gasteiger partial charge in [-0.3, -0.25) is 13.8 Å². The number of fused-ring (bicyclic) bond motifs is 1. The van der Waals surface area contributed by atoms with Gasteiger partial charge in [-0.05, 0) is 61.1 Å². The second-order valence-corrected chi connectivity index (χ2v) is 9.58. The zero-order valence-electron chi connectivity index (χ0n) is 17.5. The topological polar surface area (TPSA) is 84.3 Å². The van der Waals surface area contributed by atoms with E-state index in [4.69, 9.17) is 0 Å². The van der Waals surface area contributed by atoms with E-state index in [1.807, 2.05) is 43.7 Å². The van der Waals surface area contributed by atoms with E-state index in [1.54, 1.807) is 22.9 Å². The minimum Gasteiger partial charge on any atom is -0.352 e. The van der Waals surface area contributed by atoms with Crippen molar-refractivity contribution < 1.29 is 13.2 Å². The summed E-state index contributed by atoms with van der Waals surface area (Å²) in [5.74, 6) is -0.276. The van der Waals surface area contributed by atoms with E-state index in [9.17, 15) is 13.2 Å². The molecule has 1 aliphatic heterocycles. The second kappa shape index (κ2) is 8.93. The van der Waals surface area contributed by atoms with Gasteiger partial charge in [0.2, 0.25) is 0 Å². The van der Waals surface area contributed by atoms with Gasteiger partial charge in [-0.15, -0.1) is 0 Å². The van der Waals surface area contributed by atoms with Crippen LogP contribution in [0.3, 0.4) is 0 Å². The summed E-state index contributed by atoms with van der Waals surface area (Å²) in [4.78, 5) is 12.7. The number of rotatable bonds is 7. The number of nitrogens with one attached hydrogen (secondary N) is 1. The summed E-state index contributed by atoms with van der Waals surface area (Å²) < 4.78 is 29.9. The molecule has 0 bridgehead atoms. The first-order chi connectivity index (χ1) is 14.9. The summed E-state index contributed by atoms with van der Waals surface area (Å²) in [7, 11) is -1.88. The molecule has 0 unspecified atom stereocenters. The van der Waals surface area contributed by atoms with Crippen LogP contribution in [0.25, 0.3) is 0 Å². The molecule has 0 fully saturated rings. The predicted molar refractivity (Wildman–Crippen MR) is 120 cm³/mol. The van der Waals surface area contributed by atoms with Gasteiger partial charge in [0.25, 0.3) is 15.9 Å². The molecule has 31 heavy (non-hydrogen) atoms. The van der Waals surface area contributed by atoms with Crippen LogP contribution in [0.5, 0.6) is 0 Å². The van der Waals surface area contributed by atoms with Crippen LogP contribution in [-0.4, -0.2) is 37.2 Å². The Kier molecular flexibility index (Phi) is 6.08. The monoisotopic (exact) mass is 438 g/mol. The van der Waals surface area contributed by atoms with E-state index >= 15 is 0 Å². The molecule has 0 radical (unpaired) electrons. The fraction of sp³-hybridized carbons (Fsp3) is 0.304. The van der Waals surface area contributed by atoms with Gasteiger partial charge < -0.3 is 5.32 Å². The van der Waals surface area contributed by atoms with Gasteiger partial charge in [0.05, 0.1) is 16.8 Å². The van der Waals surface area contributed by atoms with Crippen molar-refractivity contribution in [2.75, 3.05) is 17.4 Å². The fourth-order valence-electron chi connectivity index (χ4n) is 3.87. The SMILES string of the molecule is Cn1cc(CCCNC(=O)c2cccc(S(=O)(=O)N3CCCc4ccccc43)c2)cn1. The molecule has 7 nitrogen and oxygen atoms in total. The van der Waals surface area contributed by atoms with E-state index in [0.717, 1.165) is 42.5 Å². The van der Waals surface area contributed by atoms with Gasteiger partial charge in [0, 0.05) is 31.9 Å². The van der Waals surface area contributed by atoms with Crippen molar-refractivity contribution in [2.24, 2.45) is 7.05 Å². The number of hydrogen-bond donors (Lipinski definition) is 1. The van der Waals surface area contributed by atoms with Crippen LogP contribution in [0.2, 0.25) is 0 Å². The maximum atomic E-state index is 13.3. The lowest BCUT2D eigenvalue weighted by atomic mass is 10.0. The number of sulfonamides is 1. The number of hydrogen-bond acceptors (Lipinski definition) is 4. The van der Waals surface area contributed by atoms with Crippen molar-refractivity contribution in [3.63, 3.8) is 0 Å². The predicted octanol–water partition coefficient (Wildman–Crippen LogP) is 2.92. The Labute approximate surface area is 182 Å². The number of para-hydroxylation sites is 1. The summed E-state index contributed by atoms with van der Waals surface area (Å²) >= 11 is 0. The quantitative estimate of drug-likeness (QED) is 0.575. The van der Waals surface area contributed by atoms with Crippen LogP contribution in [0.4, 0.5) is 5.69 Å². The molecule has 0 atom stereocenters. The Morgan fingerprint density at radius 1 is 1.16 bits per heavy atom. The third kappa shape index (κ3) is 4.64. The number of carbonyl (C=O) groups excluding carboxylic acids is 1. The summed E-state index contributed by atoms with van der Waals surface area (Å²) in [6.45, 7) is 0.939. The van der Waals surface area contributed by atoms with Gasteiger partial charge in [-0.25, -0.2) is 8.42 Å². The van der Waals surface area contributed by atoms with Gasteiger partial charge in [0.15, 0.2) is 0 Å². The van der Waals surface area contributed by atoms with Crippen LogP contribution in [0.1, 0.15) is 34.3 Å². The molecule has 3 aromatic rings. The summed E-state index contributed by atoms with van der Waals surface area (Å²) in [5, 5.41) is 7.01. The Bertz CT molecular complexity index is 1190. The van der Waals surface area contributed by atoms with Crippen molar-refractivity contribution in [3.05, 3.63) is 77.6 Å². The molecule has 1 amide bonds. The highest BCUT2D eigenvalue weighted by Gasteiger charge is 2.29. The first kappa shape index (κ1) is 21.1. The number of carbonyl (C=O) groups is 1. The molecule has 1 aliphatic rings. The van der Waals surface area contributed by atoms with Gasteiger partial charge in [-0.1, -0.05) is 24.3 Å². The number of amides is 1. The molecule has 8 heteroatoms. The molecule has 0 aliphatic carbocycles. The smallest absolute Gasteiger partial charge is 0.264 e. The molecule has 2 aromatic carbocycles. The molecule has 1 aromatic heterocycles. The van der Waals surface area contributed by atoms with Gasteiger partial charge in [-0.2, -0.15) is 5.10 Å². The molecule has 162 valence electrons. The van der Waals surface area contributed by atoms with Crippen molar-refractivity contribution in [1.82, 2.24) is 15.1 Å². The lowest BCUT2D eigenvalue weighted by Gasteiger charge is -2.30. The Morgan fingerprint density at radius 2 is 2.00 bits per heavy atom. The maximum Gasteiger partial charge on any atom is 0.264 e. The molecule has 0 saturated heterocycles. The van der Waals surface area contributed by atoms with E-state index in [1.165, 1.54) is 10.4 Å². The Hall–Kier alpha value is -3.13. The lowest BCUT2D eigenvalue weighted by Crippen LogP contribution is -2.35. The molecular formula is C23H26N4O3S. The number of nitrogens with zero attached hydrogens (tertiary/aromatic N) is 3. The van der Waals surface area contributed by atoms with Crippen LogP contribution in [0, 0.1) is 0 Å². The molecular weight excluding hydrogens is 412 g/mol. The zero-order valence-corrected chi connectivity index (χ0v) is 18.3. The minimum atomic E-state index is -3.75.